The van der Waals surface area contributed by atoms with E-state index in [1.54, 1.807) is 13.1 Å². The van der Waals surface area contributed by atoms with Gasteiger partial charge in [-0.3, -0.25) is 9.59 Å². The predicted molar refractivity (Wildman–Crippen MR) is 113 cm³/mol. The first-order chi connectivity index (χ1) is 13.7. The van der Waals surface area contributed by atoms with Crippen LogP contribution in [0.4, 0.5) is 15.8 Å². The Balaban J connectivity index is 1.81. The number of nitrogens with one attached hydrogen (secondary N) is 2. The highest BCUT2D eigenvalue weighted by atomic mass is 79.9. The Bertz CT molecular complexity index is 973. The van der Waals surface area contributed by atoms with Crippen molar-refractivity contribution in [2.24, 2.45) is 7.05 Å². The number of benzene rings is 1. The van der Waals surface area contributed by atoms with Gasteiger partial charge in [-0.2, -0.15) is 0 Å². The van der Waals surface area contributed by atoms with Crippen molar-refractivity contribution in [1.29, 1.82) is 0 Å². The van der Waals surface area contributed by atoms with Gasteiger partial charge >= 0.3 is 0 Å². The van der Waals surface area contributed by atoms with Gasteiger partial charge in [0.2, 0.25) is 0 Å². The molecule has 0 bridgehead atoms. The third-order valence-electron chi connectivity index (χ3n) is 4.80. The van der Waals surface area contributed by atoms with Crippen molar-refractivity contribution in [2.75, 3.05) is 31.5 Å². The molecule has 9 heteroatoms. The van der Waals surface area contributed by atoms with E-state index in [0.29, 0.717) is 11.0 Å². The molecule has 0 spiro atoms. The Morgan fingerprint density at radius 2 is 2.03 bits per heavy atom. The van der Waals surface area contributed by atoms with Gasteiger partial charge < -0.3 is 25.2 Å². The van der Waals surface area contributed by atoms with Gasteiger partial charge in [0, 0.05) is 30.3 Å². The van der Waals surface area contributed by atoms with Crippen molar-refractivity contribution in [3.05, 3.63) is 56.7 Å². The molecule has 1 aliphatic rings. The molecule has 7 nitrogen and oxygen atoms in total. The number of aliphatic hydroxyl groups is 1. The van der Waals surface area contributed by atoms with Crippen molar-refractivity contribution in [3.63, 3.8) is 0 Å². The highest BCUT2D eigenvalue weighted by Gasteiger charge is 2.43. The minimum absolute atomic E-state index is 0.152. The number of likely N-dealkylation sites (tertiary alicyclic amines) is 1. The van der Waals surface area contributed by atoms with Crippen molar-refractivity contribution >= 4 is 33.2 Å². The molecule has 1 saturated heterocycles. The van der Waals surface area contributed by atoms with E-state index in [9.17, 15) is 19.1 Å². The Morgan fingerprint density at radius 1 is 1.31 bits per heavy atom. The number of carbonyl (C=O) groups is 1. The number of aryl methyl sites for hydroxylation is 1. The second-order valence-corrected chi connectivity index (χ2v) is 8.28. The minimum Gasteiger partial charge on any atom is -0.385 e. The number of carbonyl (C=O) groups excluding carboxylic acids is 1. The summed E-state index contributed by atoms with van der Waals surface area (Å²) in [6, 6.07) is 5.74. The lowest BCUT2D eigenvalue weighted by atomic mass is 9.93. The van der Waals surface area contributed by atoms with Crippen LogP contribution in [0, 0.1) is 5.82 Å². The first kappa shape index (κ1) is 21.5. The fourth-order valence-corrected chi connectivity index (χ4v) is 3.56. The number of rotatable bonds is 7. The first-order valence-electron chi connectivity index (χ1n) is 9.37. The Hall–Kier alpha value is -2.23. The average Bonchev–Trinajstić information content (AvgIpc) is 2.64. The number of pyridine rings is 1. The maximum absolute atomic E-state index is 14.2. The summed E-state index contributed by atoms with van der Waals surface area (Å²) in [7, 11) is 1.55. The Kier molecular flexibility index (Phi) is 6.40. The molecule has 29 heavy (non-hydrogen) atoms. The summed E-state index contributed by atoms with van der Waals surface area (Å²) < 4.78 is 16.1. The van der Waals surface area contributed by atoms with Crippen LogP contribution in [0.2, 0.25) is 0 Å². The average molecular weight is 467 g/mol. The van der Waals surface area contributed by atoms with E-state index in [1.165, 1.54) is 33.9 Å². The second-order valence-electron chi connectivity index (χ2n) is 7.36. The molecule has 1 aromatic carbocycles. The fourth-order valence-electron chi connectivity index (χ4n) is 3.23. The summed E-state index contributed by atoms with van der Waals surface area (Å²) >= 11 is 3.20. The molecule has 0 unspecified atom stereocenters. The van der Waals surface area contributed by atoms with Gasteiger partial charge in [-0.25, -0.2) is 4.39 Å². The minimum atomic E-state index is -0.961. The summed E-state index contributed by atoms with van der Waals surface area (Å²) in [5, 5.41) is 16.5. The molecule has 0 aliphatic carbocycles. The summed E-state index contributed by atoms with van der Waals surface area (Å²) in [5.41, 5.74) is -0.682. The predicted octanol–water partition coefficient (Wildman–Crippen LogP) is 2.22. The molecule has 1 amide bonds. The molecule has 3 N–H and O–H groups in total. The lowest BCUT2D eigenvalue weighted by Gasteiger charge is -2.46. The number of halogens is 2. The molecule has 2 heterocycles. The summed E-state index contributed by atoms with van der Waals surface area (Å²) in [6.45, 7) is 3.63. The number of anilines is 2. The van der Waals surface area contributed by atoms with Crippen molar-refractivity contribution < 1.29 is 14.3 Å². The SMILES string of the molecule is CCCNCC1(O)CN(C(=O)c2cn(C)c(=O)cc2Nc2ccc(Br)cc2F)C1. The Labute approximate surface area is 176 Å². The number of nitrogens with zero attached hydrogens (tertiary/aromatic N) is 2. The molecule has 0 atom stereocenters. The highest BCUT2D eigenvalue weighted by molar-refractivity contribution is 9.10. The van der Waals surface area contributed by atoms with E-state index >= 15 is 0 Å². The normalized spacial score (nSPS) is 15.1. The molecule has 0 radical (unpaired) electrons. The zero-order valence-corrected chi connectivity index (χ0v) is 17.9. The van der Waals surface area contributed by atoms with Crippen LogP contribution in [0.5, 0.6) is 0 Å². The highest BCUT2D eigenvalue weighted by Crippen LogP contribution is 2.28. The van der Waals surface area contributed by atoms with Crippen molar-refractivity contribution in [1.82, 2.24) is 14.8 Å². The molecule has 1 aliphatic heterocycles. The first-order valence-corrected chi connectivity index (χ1v) is 10.2. The van der Waals surface area contributed by atoms with Gasteiger partial charge in [-0.1, -0.05) is 22.9 Å². The largest absolute Gasteiger partial charge is 0.385 e. The monoisotopic (exact) mass is 466 g/mol. The third kappa shape index (κ3) is 4.85. The standard InChI is InChI=1S/C20H24BrFN4O3/c1-3-6-23-10-20(29)11-26(12-20)19(28)14-9-25(2)18(27)8-17(14)24-16-5-4-13(21)7-15(16)22/h4-5,7-9,23-24,29H,3,6,10-12H2,1-2H3. The second kappa shape index (κ2) is 8.64. The van der Waals surface area contributed by atoms with Gasteiger partial charge in [-0.15, -0.1) is 0 Å². The van der Waals surface area contributed by atoms with E-state index in [4.69, 9.17) is 0 Å². The Morgan fingerprint density at radius 3 is 2.69 bits per heavy atom. The van der Waals surface area contributed by atoms with Gasteiger partial charge in [0.15, 0.2) is 0 Å². The van der Waals surface area contributed by atoms with Gasteiger partial charge in [-0.05, 0) is 31.2 Å². The molecule has 2 aromatic rings. The van der Waals surface area contributed by atoms with E-state index in [-0.39, 0.29) is 41.5 Å². The maximum Gasteiger partial charge on any atom is 0.257 e. The van der Waals surface area contributed by atoms with E-state index in [1.807, 2.05) is 6.92 Å². The molecule has 0 saturated carbocycles. The number of aromatic nitrogens is 1. The van der Waals surface area contributed by atoms with E-state index < -0.39 is 11.4 Å². The molecule has 1 fully saturated rings. The number of hydrogen-bond acceptors (Lipinski definition) is 5. The zero-order chi connectivity index (χ0) is 21.2. The van der Waals surface area contributed by atoms with Gasteiger partial charge in [0.25, 0.3) is 11.5 Å². The van der Waals surface area contributed by atoms with Crippen LogP contribution in [-0.2, 0) is 7.05 Å². The lowest BCUT2D eigenvalue weighted by molar-refractivity contribution is -0.0784. The lowest BCUT2D eigenvalue weighted by Crippen LogP contribution is -2.67. The zero-order valence-electron chi connectivity index (χ0n) is 16.3. The number of hydrogen-bond donors (Lipinski definition) is 3. The van der Waals surface area contributed by atoms with Crippen LogP contribution in [0.25, 0.3) is 0 Å². The van der Waals surface area contributed by atoms with Gasteiger partial charge in [0.1, 0.15) is 11.4 Å². The molecular formula is C20H24BrFN4O3. The van der Waals surface area contributed by atoms with Crippen LogP contribution in [0.15, 0.2) is 39.7 Å². The van der Waals surface area contributed by atoms with Crippen LogP contribution in [0.3, 0.4) is 0 Å². The number of amides is 1. The number of β-amino-alcohol motifs (C(OH)–C–C–N with tert-alkyl or cyclic N) is 1. The summed E-state index contributed by atoms with van der Waals surface area (Å²) in [4.78, 5) is 26.6. The third-order valence-corrected chi connectivity index (χ3v) is 5.29. The smallest absolute Gasteiger partial charge is 0.257 e. The van der Waals surface area contributed by atoms with Crippen LogP contribution in [-0.4, -0.2) is 52.3 Å². The van der Waals surface area contributed by atoms with Crippen LogP contribution >= 0.6 is 15.9 Å². The van der Waals surface area contributed by atoms with Crippen LogP contribution in [0.1, 0.15) is 23.7 Å². The molecule has 1 aromatic heterocycles. The van der Waals surface area contributed by atoms with E-state index in [2.05, 4.69) is 26.6 Å². The summed E-state index contributed by atoms with van der Waals surface area (Å²) in [6.07, 6.45) is 2.38. The van der Waals surface area contributed by atoms with Crippen LogP contribution < -0.4 is 16.2 Å². The van der Waals surface area contributed by atoms with Gasteiger partial charge in [0.05, 0.1) is 30.0 Å². The molecular weight excluding hydrogens is 443 g/mol. The van der Waals surface area contributed by atoms with Crippen molar-refractivity contribution in [3.8, 4) is 0 Å². The maximum atomic E-state index is 14.2. The molecule has 3 rings (SSSR count). The van der Waals surface area contributed by atoms with E-state index in [0.717, 1.165) is 13.0 Å². The molecule has 156 valence electrons. The quantitative estimate of drug-likeness (QED) is 0.544. The van der Waals surface area contributed by atoms with Crippen molar-refractivity contribution in [2.45, 2.75) is 18.9 Å². The fraction of sp³-hybridized carbons (Fsp3) is 0.400. The topological polar surface area (TPSA) is 86.6 Å². The summed E-state index contributed by atoms with van der Waals surface area (Å²) in [5.74, 6) is -0.848.